The quantitative estimate of drug-likeness (QED) is 0.396. The van der Waals surface area contributed by atoms with Gasteiger partial charge in [-0.25, -0.2) is 0 Å². The third-order valence-electron chi connectivity index (χ3n) is 7.61. The minimum absolute atomic E-state index is 0.118. The molecule has 2 fully saturated rings. The number of rotatable bonds is 11. The number of aliphatic hydroxyl groups excluding tert-OH is 1. The first-order chi connectivity index (χ1) is 19.3. The van der Waals surface area contributed by atoms with E-state index < -0.39 is 0 Å². The predicted octanol–water partition coefficient (Wildman–Crippen LogP) is 4.19. The van der Waals surface area contributed by atoms with Gasteiger partial charge in [-0.05, 0) is 61.1 Å². The van der Waals surface area contributed by atoms with E-state index in [0.29, 0.717) is 51.9 Å². The van der Waals surface area contributed by atoms with Crippen molar-refractivity contribution < 1.29 is 19.4 Å². The molecule has 0 unspecified atom stereocenters. The lowest BCUT2D eigenvalue weighted by Crippen LogP contribution is -2.48. The van der Waals surface area contributed by atoms with Crippen LogP contribution in [0, 0.1) is 5.92 Å². The fourth-order valence-corrected chi connectivity index (χ4v) is 5.66. The number of nitrogens with zero attached hydrogens (tertiary/aromatic N) is 3. The highest BCUT2D eigenvalue weighted by molar-refractivity contribution is 6.42. The van der Waals surface area contributed by atoms with E-state index in [0.717, 1.165) is 64.1 Å². The maximum atomic E-state index is 13.0. The zero-order chi connectivity index (χ0) is 28.5. The number of amides is 2. The van der Waals surface area contributed by atoms with Crippen molar-refractivity contribution in [3.63, 3.8) is 0 Å². The molecule has 11 heteroatoms. The maximum Gasteiger partial charge on any atom is 0.260 e. The molecule has 2 aromatic rings. The van der Waals surface area contributed by atoms with E-state index in [1.807, 2.05) is 18.2 Å². The molecule has 0 spiro atoms. The van der Waals surface area contributed by atoms with Crippen LogP contribution in [-0.2, 0) is 11.3 Å². The van der Waals surface area contributed by atoms with Crippen molar-refractivity contribution in [1.82, 2.24) is 20.0 Å². The SMILES string of the molecule is O=C(NCCN1CCN(Cc2ccc(Cl)c(Cl)c2)CC1)c1ccc(Cl)cc1OCC(=O)N1CCC(CCO)CC1. The first kappa shape index (κ1) is 30.9. The van der Waals surface area contributed by atoms with Crippen LogP contribution in [0.15, 0.2) is 36.4 Å². The summed E-state index contributed by atoms with van der Waals surface area (Å²) in [7, 11) is 0. The van der Waals surface area contributed by atoms with Crippen LogP contribution in [0.1, 0.15) is 35.2 Å². The van der Waals surface area contributed by atoms with Gasteiger partial charge in [0.2, 0.25) is 0 Å². The second kappa shape index (κ2) is 15.2. The standard InChI is InChI=1S/C29H37Cl3N4O4/c30-23-2-3-24(27(18-23)40-20-28(38)36-9-5-21(6-10-36)7-16-37)29(39)33-8-11-34-12-14-35(15-13-34)19-22-1-4-25(31)26(32)17-22/h1-4,17-18,21,37H,5-16,19-20H2,(H,33,39). The molecule has 0 atom stereocenters. The number of hydrogen-bond acceptors (Lipinski definition) is 6. The Kier molecular flexibility index (Phi) is 11.8. The van der Waals surface area contributed by atoms with Crippen LogP contribution in [0.4, 0.5) is 0 Å². The summed E-state index contributed by atoms with van der Waals surface area (Å²) in [5.41, 5.74) is 1.49. The van der Waals surface area contributed by atoms with Crippen molar-refractivity contribution in [3.05, 3.63) is 62.6 Å². The van der Waals surface area contributed by atoms with E-state index in [1.54, 1.807) is 23.1 Å². The molecule has 8 nitrogen and oxygen atoms in total. The fourth-order valence-electron chi connectivity index (χ4n) is 5.18. The topological polar surface area (TPSA) is 85.4 Å². The summed E-state index contributed by atoms with van der Waals surface area (Å²) < 4.78 is 5.79. The van der Waals surface area contributed by atoms with Crippen LogP contribution in [0.5, 0.6) is 5.75 Å². The van der Waals surface area contributed by atoms with E-state index in [4.69, 9.17) is 44.6 Å². The number of carbonyl (C=O) groups excluding carboxylic acids is 2. The van der Waals surface area contributed by atoms with Gasteiger partial charge in [0, 0.05) is 70.5 Å². The summed E-state index contributed by atoms with van der Waals surface area (Å²) in [6.07, 6.45) is 2.53. The number of ether oxygens (including phenoxy) is 1. The second-order valence-corrected chi connectivity index (χ2v) is 11.6. The number of likely N-dealkylation sites (tertiary alicyclic amines) is 1. The number of nitrogens with one attached hydrogen (secondary N) is 1. The predicted molar refractivity (Wildman–Crippen MR) is 158 cm³/mol. The molecular weight excluding hydrogens is 575 g/mol. The number of benzene rings is 2. The average molecular weight is 612 g/mol. The number of piperidine rings is 1. The zero-order valence-electron chi connectivity index (χ0n) is 22.6. The van der Waals surface area contributed by atoms with E-state index in [-0.39, 0.29) is 25.0 Å². The van der Waals surface area contributed by atoms with Gasteiger partial charge < -0.3 is 20.1 Å². The Labute approximate surface area is 251 Å². The minimum Gasteiger partial charge on any atom is -0.483 e. The third kappa shape index (κ3) is 8.96. The van der Waals surface area contributed by atoms with Gasteiger partial charge in [-0.2, -0.15) is 0 Å². The van der Waals surface area contributed by atoms with Crippen LogP contribution < -0.4 is 10.1 Å². The zero-order valence-corrected chi connectivity index (χ0v) is 24.9. The molecule has 2 aliphatic heterocycles. The molecule has 0 radical (unpaired) electrons. The molecule has 2 heterocycles. The van der Waals surface area contributed by atoms with Gasteiger partial charge >= 0.3 is 0 Å². The number of halogens is 3. The Balaban J connectivity index is 1.20. The Hall–Kier alpha value is -2.07. The molecule has 0 aromatic heterocycles. The van der Waals surface area contributed by atoms with Gasteiger partial charge in [0.05, 0.1) is 15.6 Å². The van der Waals surface area contributed by atoms with Gasteiger partial charge in [-0.1, -0.05) is 40.9 Å². The largest absolute Gasteiger partial charge is 0.483 e. The molecule has 2 N–H and O–H groups in total. The lowest BCUT2D eigenvalue weighted by molar-refractivity contribution is -0.134. The normalized spacial score (nSPS) is 17.1. The Morgan fingerprint density at radius 1 is 0.925 bits per heavy atom. The van der Waals surface area contributed by atoms with Crippen molar-refractivity contribution in [2.24, 2.45) is 5.92 Å². The summed E-state index contributed by atoms with van der Waals surface area (Å²) in [6.45, 7) is 7.06. The number of piperazine rings is 1. The van der Waals surface area contributed by atoms with Gasteiger partial charge in [0.25, 0.3) is 11.8 Å². The first-order valence-electron chi connectivity index (χ1n) is 13.8. The molecule has 2 aliphatic rings. The van der Waals surface area contributed by atoms with Crippen molar-refractivity contribution in [1.29, 1.82) is 0 Å². The lowest BCUT2D eigenvalue weighted by Gasteiger charge is -2.34. The van der Waals surface area contributed by atoms with Crippen LogP contribution >= 0.6 is 34.8 Å². The molecule has 0 saturated carbocycles. The smallest absolute Gasteiger partial charge is 0.260 e. The maximum absolute atomic E-state index is 13.0. The summed E-state index contributed by atoms with van der Waals surface area (Å²) in [5.74, 6) is 0.370. The Morgan fingerprint density at radius 3 is 2.35 bits per heavy atom. The van der Waals surface area contributed by atoms with Crippen molar-refractivity contribution in [3.8, 4) is 5.75 Å². The summed E-state index contributed by atoms with van der Waals surface area (Å²) in [5, 5.41) is 13.7. The highest BCUT2D eigenvalue weighted by atomic mass is 35.5. The first-order valence-corrected chi connectivity index (χ1v) is 14.9. The Morgan fingerprint density at radius 2 is 1.65 bits per heavy atom. The van der Waals surface area contributed by atoms with Crippen molar-refractivity contribution in [2.75, 3.05) is 65.6 Å². The van der Waals surface area contributed by atoms with Crippen molar-refractivity contribution >= 4 is 46.6 Å². The number of carbonyl (C=O) groups is 2. The van der Waals surface area contributed by atoms with E-state index >= 15 is 0 Å². The second-order valence-electron chi connectivity index (χ2n) is 10.4. The molecule has 40 heavy (non-hydrogen) atoms. The molecule has 0 bridgehead atoms. The monoisotopic (exact) mass is 610 g/mol. The minimum atomic E-state index is -0.262. The molecule has 4 rings (SSSR count). The summed E-state index contributed by atoms with van der Waals surface area (Å²) >= 11 is 18.3. The van der Waals surface area contributed by atoms with Gasteiger partial charge in [-0.3, -0.25) is 19.4 Å². The van der Waals surface area contributed by atoms with Crippen LogP contribution in [0.25, 0.3) is 0 Å². The lowest BCUT2D eigenvalue weighted by atomic mass is 9.94. The molecule has 0 aliphatic carbocycles. The molecule has 2 aromatic carbocycles. The Bertz CT molecular complexity index is 1150. The number of hydrogen-bond donors (Lipinski definition) is 2. The highest BCUT2D eigenvalue weighted by Crippen LogP contribution is 2.25. The van der Waals surface area contributed by atoms with E-state index in [9.17, 15) is 9.59 Å². The van der Waals surface area contributed by atoms with Gasteiger partial charge in [0.15, 0.2) is 6.61 Å². The third-order valence-corrected chi connectivity index (χ3v) is 8.59. The number of aliphatic hydroxyl groups is 1. The van der Waals surface area contributed by atoms with Crippen molar-refractivity contribution in [2.45, 2.75) is 25.8 Å². The highest BCUT2D eigenvalue weighted by Gasteiger charge is 2.24. The summed E-state index contributed by atoms with van der Waals surface area (Å²) in [4.78, 5) is 32.2. The fraction of sp³-hybridized carbons (Fsp3) is 0.517. The van der Waals surface area contributed by atoms with Crippen LogP contribution in [0.3, 0.4) is 0 Å². The van der Waals surface area contributed by atoms with E-state index in [1.165, 1.54) is 0 Å². The molecule has 2 saturated heterocycles. The summed E-state index contributed by atoms with van der Waals surface area (Å²) in [6, 6.07) is 10.6. The molecular formula is C29H37Cl3N4O4. The molecule has 218 valence electrons. The molecule has 2 amide bonds. The van der Waals surface area contributed by atoms with Gasteiger partial charge in [-0.15, -0.1) is 0 Å². The van der Waals surface area contributed by atoms with Crippen LogP contribution in [0.2, 0.25) is 15.1 Å². The average Bonchev–Trinajstić information content (AvgIpc) is 2.95. The van der Waals surface area contributed by atoms with Gasteiger partial charge in [0.1, 0.15) is 5.75 Å². The van der Waals surface area contributed by atoms with E-state index in [2.05, 4.69) is 15.1 Å². The van der Waals surface area contributed by atoms with Crippen LogP contribution in [-0.4, -0.2) is 97.2 Å².